The van der Waals surface area contributed by atoms with E-state index in [2.05, 4.69) is 15.0 Å². The second-order valence-corrected chi connectivity index (χ2v) is 7.65. The normalized spacial score (nSPS) is 18.9. The lowest BCUT2D eigenvalue weighted by molar-refractivity contribution is 0.168. The Morgan fingerprint density at radius 2 is 1.90 bits per heavy atom. The van der Waals surface area contributed by atoms with E-state index in [0.717, 1.165) is 16.7 Å². The lowest BCUT2D eigenvalue weighted by Crippen LogP contribution is -2.25. The van der Waals surface area contributed by atoms with Crippen molar-refractivity contribution in [2.45, 2.75) is 32.0 Å². The van der Waals surface area contributed by atoms with Crippen molar-refractivity contribution in [2.75, 3.05) is 27.9 Å². The van der Waals surface area contributed by atoms with Gasteiger partial charge in [-0.1, -0.05) is 35.0 Å². The van der Waals surface area contributed by atoms with Gasteiger partial charge >= 0.3 is 0 Å². The van der Waals surface area contributed by atoms with Gasteiger partial charge in [-0.3, -0.25) is 4.90 Å². The van der Waals surface area contributed by atoms with Crippen LogP contribution in [-0.2, 0) is 6.54 Å². The van der Waals surface area contributed by atoms with E-state index in [-0.39, 0.29) is 6.04 Å². The van der Waals surface area contributed by atoms with E-state index in [0.29, 0.717) is 48.5 Å². The number of nitrogens with zero attached hydrogens (tertiary/aromatic N) is 3. The number of hydrogen-bond donors (Lipinski definition) is 1. The molecule has 8 heteroatoms. The highest BCUT2D eigenvalue weighted by Crippen LogP contribution is 2.42. The quantitative estimate of drug-likeness (QED) is 0.616. The summed E-state index contributed by atoms with van der Waals surface area (Å²) in [6.45, 7) is 3.04. The zero-order valence-corrected chi connectivity index (χ0v) is 18.2. The first-order chi connectivity index (χ1) is 15.0. The molecule has 8 nitrogen and oxygen atoms in total. The number of methoxy groups -OCH3 is 3. The molecule has 0 spiro atoms. The first-order valence-electron chi connectivity index (χ1n) is 10.1. The third kappa shape index (κ3) is 4.22. The van der Waals surface area contributed by atoms with Crippen molar-refractivity contribution in [1.82, 2.24) is 15.0 Å². The van der Waals surface area contributed by atoms with E-state index < -0.39 is 6.10 Å². The fraction of sp³-hybridized carbons (Fsp3) is 0.391. The molecule has 0 radical (unpaired) electrons. The van der Waals surface area contributed by atoms with E-state index >= 15 is 0 Å². The highest BCUT2D eigenvalue weighted by molar-refractivity contribution is 5.56. The Bertz CT molecular complexity index is 1050. The largest absolute Gasteiger partial charge is 0.493 e. The van der Waals surface area contributed by atoms with Crippen LogP contribution in [0.3, 0.4) is 0 Å². The minimum Gasteiger partial charge on any atom is -0.493 e. The van der Waals surface area contributed by atoms with Gasteiger partial charge in [0, 0.05) is 24.2 Å². The third-order valence-corrected chi connectivity index (χ3v) is 5.54. The minimum atomic E-state index is -0.481. The Hall–Kier alpha value is -3.10. The van der Waals surface area contributed by atoms with Crippen molar-refractivity contribution in [3.05, 3.63) is 53.4 Å². The second-order valence-electron chi connectivity index (χ2n) is 7.65. The molecule has 0 aliphatic carbocycles. The Morgan fingerprint density at radius 1 is 1.10 bits per heavy atom. The summed E-state index contributed by atoms with van der Waals surface area (Å²) in [5, 5.41) is 14.5. The van der Waals surface area contributed by atoms with Crippen molar-refractivity contribution in [1.29, 1.82) is 0 Å². The average Bonchev–Trinajstić information content (AvgIpc) is 3.40. The molecule has 0 amide bonds. The number of rotatable bonds is 7. The van der Waals surface area contributed by atoms with Gasteiger partial charge < -0.3 is 23.8 Å². The maximum absolute atomic E-state index is 10.4. The molecule has 0 saturated carbocycles. The number of benzene rings is 2. The average molecular weight is 425 g/mol. The Balaban J connectivity index is 1.61. The minimum absolute atomic E-state index is 0.195. The zero-order chi connectivity index (χ0) is 22.0. The summed E-state index contributed by atoms with van der Waals surface area (Å²) >= 11 is 0. The van der Waals surface area contributed by atoms with E-state index in [1.54, 1.807) is 21.3 Å². The number of aromatic nitrogens is 2. The van der Waals surface area contributed by atoms with E-state index in [4.69, 9.17) is 18.7 Å². The van der Waals surface area contributed by atoms with Gasteiger partial charge in [-0.2, -0.15) is 4.98 Å². The zero-order valence-electron chi connectivity index (χ0n) is 18.2. The van der Waals surface area contributed by atoms with Crippen molar-refractivity contribution in [2.24, 2.45) is 0 Å². The molecule has 2 atom stereocenters. The number of aliphatic hydroxyl groups excluding tert-OH is 1. The second kappa shape index (κ2) is 8.95. The monoisotopic (exact) mass is 425 g/mol. The van der Waals surface area contributed by atoms with Crippen molar-refractivity contribution in [3.8, 4) is 28.6 Å². The molecule has 3 aromatic rings. The van der Waals surface area contributed by atoms with Crippen LogP contribution >= 0.6 is 0 Å². The number of ether oxygens (including phenoxy) is 3. The number of hydrogen-bond acceptors (Lipinski definition) is 8. The van der Waals surface area contributed by atoms with Gasteiger partial charge in [-0.25, -0.2) is 0 Å². The summed E-state index contributed by atoms with van der Waals surface area (Å²) in [4.78, 5) is 6.74. The number of likely N-dealkylation sites (tertiary alicyclic amines) is 1. The molecule has 31 heavy (non-hydrogen) atoms. The van der Waals surface area contributed by atoms with E-state index in [1.165, 1.54) is 0 Å². The first kappa shape index (κ1) is 21.1. The number of aliphatic hydroxyl groups is 1. The predicted octanol–water partition coefficient (Wildman–Crippen LogP) is 3.38. The molecule has 1 fully saturated rings. The Morgan fingerprint density at radius 3 is 2.61 bits per heavy atom. The molecule has 4 rings (SSSR count). The molecule has 1 aliphatic rings. The van der Waals surface area contributed by atoms with Crippen LogP contribution in [0.4, 0.5) is 0 Å². The standard InChI is InChI=1S/C23H27N3O5/c1-14-6-5-7-15(10-14)22-24-23(31-25-22)18-11-17(27)13-26(18)12-16-8-9-19(28-2)21(30-4)20(16)29-3/h5-10,17-18,27H,11-13H2,1-4H3/t17-,18+/m1/s1. The summed E-state index contributed by atoms with van der Waals surface area (Å²) < 4.78 is 22.1. The molecule has 1 aliphatic heterocycles. The summed E-state index contributed by atoms with van der Waals surface area (Å²) in [5.41, 5.74) is 2.95. The van der Waals surface area contributed by atoms with Gasteiger partial charge in [0.15, 0.2) is 11.5 Å². The molecule has 1 aromatic heterocycles. The smallest absolute Gasteiger partial charge is 0.244 e. The molecular formula is C23H27N3O5. The number of aryl methyl sites for hydroxylation is 1. The topological polar surface area (TPSA) is 90.1 Å². The van der Waals surface area contributed by atoms with Gasteiger partial charge in [-0.15, -0.1) is 0 Å². The van der Waals surface area contributed by atoms with Crippen molar-refractivity contribution >= 4 is 0 Å². The SMILES string of the molecule is COc1ccc(CN2C[C@H](O)C[C@H]2c2nc(-c3cccc(C)c3)no2)c(OC)c1OC. The van der Waals surface area contributed by atoms with Crippen LogP contribution in [0, 0.1) is 6.92 Å². The highest BCUT2D eigenvalue weighted by Gasteiger charge is 2.36. The van der Waals surface area contributed by atoms with Crippen LogP contribution in [-0.4, -0.2) is 54.1 Å². The fourth-order valence-corrected chi connectivity index (χ4v) is 4.09. The molecule has 1 saturated heterocycles. The Kier molecular flexibility index (Phi) is 6.11. The molecular weight excluding hydrogens is 398 g/mol. The number of β-amino-alcohol motifs (C(OH)–C–C–N with tert-alkyl or cyclic N) is 1. The van der Waals surface area contributed by atoms with Crippen LogP contribution in [0.2, 0.25) is 0 Å². The van der Waals surface area contributed by atoms with E-state index in [9.17, 15) is 5.11 Å². The third-order valence-electron chi connectivity index (χ3n) is 5.54. The van der Waals surface area contributed by atoms with E-state index in [1.807, 2.05) is 43.3 Å². The van der Waals surface area contributed by atoms with Gasteiger partial charge in [0.05, 0.1) is 33.5 Å². The van der Waals surface area contributed by atoms with Crippen LogP contribution in [0.5, 0.6) is 17.2 Å². The lowest BCUT2D eigenvalue weighted by atomic mass is 10.1. The summed E-state index contributed by atoms with van der Waals surface area (Å²) in [6, 6.07) is 11.6. The predicted molar refractivity (Wildman–Crippen MR) is 114 cm³/mol. The summed E-state index contributed by atoms with van der Waals surface area (Å²) in [5.74, 6) is 2.78. The van der Waals surface area contributed by atoms with Gasteiger partial charge in [0.25, 0.3) is 0 Å². The van der Waals surface area contributed by atoms with Crippen LogP contribution in [0.25, 0.3) is 11.4 Å². The fourth-order valence-electron chi connectivity index (χ4n) is 4.09. The molecule has 2 heterocycles. The highest BCUT2D eigenvalue weighted by atomic mass is 16.5. The van der Waals surface area contributed by atoms with Crippen LogP contribution in [0.15, 0.2) is 40.9 Å². The van der Waals surface area contributed by atoms with Gasteiger partial charge in [0.1, 0.15) is 0 Å². The van der Waals surface area contributed by atoms with Gasteiger partial charge in [-0.05, 0) is 25.5 Å². The molecule has 1 N–H and O–H groups in total. The van der Waals surface area contributed by atoms with Crippen LogP contribution in [0.1, 0.15) is 29.5 Å². The van der Waals surface area contributed by atoms with Crippen LogP contribution < -0.4 is 14.2 Å². The van der Waals surface area contributed by atoms with Gasteiger partial charge in [0.2, 0.25) is 17.5 Å². The Labute approximate surface area is 181 Å². The maximum Gasteiger partial charge on any atom is 0.244 e. The summed E-state index contributed by atoms with van der Waals surface area (Å²) in [6.07, 6.45) is 0.0378. The molecule has 0 unspecified atom stereocenters. The van der Waals surface area contributed by atoms with Crippen molar-refractivity contribution in [3.63, 3.8) is 0 Å². The maximum atomic E-state index is 10.4. The van der Waals surface area contributed by atoms with Crippen molar-refractivity contribution < 1.29 is 23.8 Å². The molecule has 164 valence electrons. The first-order valence-corrected chi connectivity index (χ1v) is 10.1. The lowest BCUT2D eigenvalue weighted by Gasteiger charge is -2.23. The summed E-state index contributed by atoms with van der Waals surface area (Å²) in [7, 11) is 4.77. The molecule has 2 aromatic carbocycles. The molecule has 0 bridgehead atoms.